The van der Waals surface area contributed by atoms with Crippen molar-refractivity contribution in [1.29, 1.82) is 0 Å². The summed E-state index contributed by atoms with van der Waals surface area (Å²) in [4.78, 5) is 4.36. The molecule has 1 N–H and O–H groups in total. The number of hydrogen-bond acceptors (Lipinski definition) is 4. The Bertz CT molecular complexity index is 870. The van der Waals surface area contributed by atoms with E-state index < -0.39 is 11.6 Å². The van der Waals surface area contributed by atoms with Gasteiger partial charge >= 0.3 is 0 Å². The van der Waals surface area contributed by atoms with Gasteiger partial charge in [0.15, 0.2) is 0 Å². The largest absolute Gasteiger partial charge is 0.393 e. The van der Waals surface area contributed by atoms with Crippen LogP contribution in [-0.2, 0) is 19.4 Å². The molecule has 2 heterocycles. The zero-order valence-electron chi connectivity index (χ0n) is 12.7. The Balaban J connectivity index is 1.62. The van der Waals surface area contributed by atoms with Crippen LogP contribution in [0.4, 0.5) is 8.78 Å². The lowest BCUT2D eigenvalue weighted by molar-refractivity contribution is 0.155. The third-order valence-electron chi connectivity index (χ3n) is 4.27. The van der Waals surface area contributed by atoms with Crippen molar-refractivity contribution in [3.05, 3.63) is 57.7 Å². The average Bonchev–Trinajstić information content (AvgIpc) is 3.15. The number of benzene rings is 1. The molecule has 0 saturated carbocycles. The maximum atomic E-state index is 13.9. The summed E-state index contributed by atoms with van der Waals surface area (Å²) in [5.74, 6) is -1.24. The van der Waals surface area contributed by atoms with Crippen LogP contribution in [0.3, 0.4) is 0 Å². The lowest BCUT2D eigenvalue weighted by Crippen LogP contribution is -2.21. The Morgan fingerprint density at radius 3 is 2.88 bits per heavy atom. The number of aryl methyl sites for hydroxylation is 1. The first kappa shape index (κ1) is 15.4. The predicted octanol–water partition coefficient (Wildman–Crippen LogP) is 3.18. The molecule has 0 radical (unpaired) electrons. The van der Waals surface area contributed by atoms with Gasteiger partial charge in [0.2, 0.25) is 0 Å². The molecule has 24 heavy (non-hydrogen) atoms. The number of aliphatic hydroxyl groups excluding tert-OH is 1. The number of hydrogen-bond donors (Lipinski definition) is 1. The molecule has 3 aromatic rings. The van der Waals surface area contributed by atoms with Crippen molar-refractivity contribution >= 4 is 11.3 Å². The molecule has 0 spiro atoms. The molecule has 0 saturated heterocycles. The van der Waals surface area contributed by atoms with Crippen molar-refractivity contribution in [2.24, 2.45) is 0 Å². The number of fused-ring (bicyclic) bond motifs is 1. The SMILES string of the molecule is OC1CCc2cnn(Cc3nc(-c4c(F)cccc4F)cs3)c2C1. The van der Waals surface area contributed by atoms with Crippen LogP contribution in [0, 0.1) is 11.6 Å². The zero-order chi connectivity index (χ0) is 16.7. The van der Waals surface area contributed by atoms with Gasteiger partial charge in [0.25, 0.3) is 0 Å². The molecule has 0 aliphatic heterocycles. The van der Waals surface area contributed by atoms with Crippen molar-refractivity contribution < 1.29 is 13.9 Å². The molecule has 0 fully saturated rings. The number of halogens is 2. The van der Waals surface area contributed by atoms with Gasteiger partial charge in [-0.05, 0) is 30.5 Å². The number of aromatic nitrogens is 3. The zero-order valence-corrected chi connectivity index (χ0v) is 13.6. The molecule has 7 heteroatoms. The van der Waals surface area contributed by atoms with Crippen molar-refractivity contribution in [3.8, 4) is 11.3 Å². The van der Waals surface area contributed by atoms with E-state index in [1.807, 2.05) is 10.9 Å². The highest BCUT2D eigenvalue weighted by Crippen LogP contribution is 2.28. The number of nitrogens with zero attached hydrogens (tertiary/aromatic N) is 3. The van der Waals surface area contributed by atoms with Gasteiger partial charge in [-0.3, -0.25) is 4.68 Å². The predicted molar refractivity (Wildman–Crippen MR) is 86.8 cm³/mol. The van der Waals surface area contributed by atoms with Crippen LogP contribution < -0.4 is 0 Å². The fourth-order valence-electron chi connectivity index (χ4n) is 3.05. The molecule has 1 aliphatic carbocycles. The van der Waals surface area contributed by atoms with Gasteiger partial charge in [-0.25, -0.2) is 13.8 Å². The van der Waals surface area contributed by atoms with Gasteiger partial charge in [-0.2, -0.15) is 5.10 Å². The van der Waals surface area contributed by atoms with Gasteiger partial charge in [0.1, 0.15) is 16.6 Å². The summed E-state index contributed by atoms with van der Waals surface area (Å²) >= 11 is 1.34. The van der Waals surface area contributed by atoms with E-state index >= 15 is 0 Å². The standard InChI is InChI=1S/C17H15F2N3OS/c18-12-2-1-3-13(19)17(12)14-9-24-16(21-14)8-22-15-6-11(23)5-4-10(15)7-20-22/h1-3,7,9,11,23H,4-6,8H2. The van der Waals surface area contributed by atoms with Crippen molar-refractivity contribution in [2.75, 3.05) is 0 Å². The molecule has 2 aromatic heterocycles. The van der Waals surface area contributed by atoms with Crippen LogP contribution in [0.2, 0.25) is 0 Å². The first-order chi connectivity index (χ1) is 11.6. The van der Waals surface area contributed by atoms with E-state index in [1.165, 1.54) is 29.5 Å². The van der Waals surface area contributed by atoms with E-state index in [9.17, 15) is 13.9 Å². The first-order valence-corrected chi connectivity index (χ1v) is 8.60. The molecule has 0 amide bonds. The van der Waals surface area contributed by atoms with Gasteiger partial charge < -0.3 is 5.11 Å². The van der Waals surface area contributed by atoms with E-state index in [1.54, 1.807) is 5.38 Å². The summed E-state index contributed by atoms with van der Waals surface area (Å²) in [6.45, 7) is 0.433. The molecule has 0 bridgehead atoms. The lowest BCUT2D eigenvalue weighted by Gasteiger charge is -2.18. The van der Waals surface area contributed by atoms with Crippen LogP contribution in [0.1, 0.15) is 22.7 Å². The summed E-state index contributed by atoms with van der Waals surface area (Å²) in [6.07, 6.45) is 3.64. The molecule has 1 unspecified atom stereocenters. The van der Waals surface area contributed by atoms with Crippen LogP contribution in [0.25, 0.3) is 11.3 Å². The molecule has 4 rings (SSSR count). The second-order valence-corrected chi connectivity index (χ2v) is 6.84. The minimum atomic E-state index is -0.619. The molecular formula is C17H15F2N3OS. The molecule has 4 nitrogen and oxygen atoms in total. The van der Waals surface area contributed by atoms with Crippen LogP contribution in [0.15, 0.2) is 29.8 Å². The minimum absolute atomic E-state index is 0.0992. The van der Waals surface area contributed by atoms with E-state index in [2.05, 4.69) is 10.1 Å². The average molecular weight is 347 g/mol. The van der Waals surface area contributed by atoms with Crippen molar-refractivity contribution in [3.63, 3.8) is 0 Å². The van der Waals surface area contributed by atoms with Crippen LogP contribution >= 0.6 is 11.3 Å². The number of thiazole rings is 1. The highest BCUT2D eigenvalue weighted by molar-refractivity contribution is 7.09. The quantitative estimate of drug-likeness (QED) is 0.792. The van der Waals surface area contributed by atoms with Crippen LogP contribution in [-0.4, -0.2) is 26.0 Å². The second-order valence-electron chi connectivity index (χ2n) is 5.89. The van der Waals surface area contributed by atoms with E-state index in [0.717, 1.165) is 29.1 Å². The molecular weight excluding hydrogens is 332 g/mol. The van der Waals surface area contributed by atoms with Crippen molar-refractivity contribution in [1.82, 2.24) is 14.8 Å². The van der Waals surface area contributed by atoms with E-state index in [0.29, 0.717) is 18.7 Å². The fraction of sp³-hybridized carbons (Fsp3) is 0.294. The Kier molecular flexibility index (Phi) is 3.90. The maximum absolute atomic E-state index is 13.9. The lowest BCUT2D eigenvalue weighted by atomic mass is 9.96. The maximum Gasteiger partial charge on any atom is 0.135 e. The van der Waals surface area contributed by atoms with Gasteiger partial charge in [0.05, 0.1) is 30.1 Å². The molecule has 124 valence electrons. The molecule has 1 atom stereocenters. The third-order valence-corrected chi connectivity index (χ3v) is 5.10. The number of aliphatic hydroxyl groups is 1. The Morgan fingerprint density at radius 2 is 2.08 bits per heavy atom. The normalized spacial score (nSPS) is 17.0. The molecule has 1 aromatic carbocycles. The van der Waals surface area contributed by atoms with E-state index in [-0.39, 0.29) is 11.7 Å². The smallest absolute Gasteiger partial charge is 0.135 e. The first-order valence-electron chi connectivity index (χ1n) is 7.72. The summed E-state index contributed by atoms with van der Waals surface area (Å²) in [5.41, 5.74) is 2.37. The Labute approximate surface area is 141 Å². The summed E-state index contributed by atoms with van der Waals surface area (Å²) in [5, 5.41) is 16.6. The van der Waals surface area contributed by atoms with Gasteiger partial charge in [-0.1, -0.05) is 6.07 Å². The summed E-state index contributed by atoms with van der Waals surface area (Å²) < 4.78 is 29.6. The summed E-state index contributed by atoms with van der Waals surface area (Å²) in [6, 6.07) is 3.79. The molecule has 1 aliphatic rings. The number of rotatable bonds is 3. The highest BCUT2D eigenvalue weighted by Gasteiger charge is 2.22. The fourth-order valence-corrected chi connectivity index (χ4v) is 3.81. The van der Waals surface area contributed by atoms with Crippen LogP contribution in [0.5, 0.6) is 0 Å². The van der Waals surface area contributed by atoms with E-state index in [4.69, 9.17) is 0 Å². The Morgan fingerprint density at radius 1 is 1.29 bits per heavy atom. The van der Waals surface area contributed by atoms with Gasteiger partial charge in [0, 0.05) is 17.5 Å². The Hall–Kier alpha value is -2.12. The highest BCUT2D eigenvalue weighted by atomic mass is 32.1. The van der Waals surface area contributed by atoms with Gasteiger partial charge in [-0.15, -0.1) is 11.3 Å². The third kappa shape index (κ3) is 2.74. The summed E-state index contributed by atoms with van der Waals surface area (Å²) in [7, 11) is 0. The second kappa shape index (κ2) is 6.07. The minimum Gasteiger partial charge on any atom is -0.393 e. The topological polar surface area (TPSA) is 50.9 Å². The monoisotopic (exact) mass is 347 g/mol. The van der Waals surface area contributed by atoms with Crippen molar-refractivity contribution in [2.45, 2.75) is 31.9 Å².